The van der Waals surface area contributed by atoms with Gasteiger partial charge in [0.25, 0.3) is 5.91 Å². The molecule has 0 saturated carbocycles. The molecule has 1 aromatic carbocycles. The second-order valence-corrected chi connectivity index (χ2v) is 6.33. The van der Waals surface area contributed by atoms with Crippen LogP contribution in [0.3, 0.4) is 0 Å². The summed E-state index contributed by atoms with van der Waals surface area (Å²) in [6, 6.07) is 11.8. The predicted molar refractivity (Wildman–Crippen MR) is 97.9 cm³/mol. The molecular weight excluding hydrogens is 320 g/mol. The Hall–Kier alpha value is -2.60. The van der Waals surface area contributed by atoms with Gasteiger partial charge in [0.15, 0.2) is 0 Å². The van der Waals surface area contributed by atoms with Gasteiger partial charge in [-0.2, -0.15) is 5.10 Å². The summed E-state index contributed by atoms with van der Waals surface area (Å²) in [4.78, 5) is 18.0. The molecule has 0 aliphatic rings. The number of imidazole rings is 1. The molecule has 0 aliphatic heterocycles. The summed E-state index contributed by atoms with van der Waals surface area (Å²) in [6.45, 7) is 3.80. The van der Waals surface area contributed by atoms with Crippen LogP contribution in [0.5, 0.6) is 0 Å². The van der Waals surface area contributed by atoms with E-state index in [1.54, 1.807) is 22.4 Å². The minimum atomic E-state index is -0.275. The van der Waals surface area contributed by atoms with E-state index in [1.165, 1.54) is 4.90 Å². The minimum absolute atomic E-state index is 0.275. The number of hydrogen-bond acceptors (Lipinski definition) is 4. The fourth-order valence-electron chi connectivity index (χ4n) is 2.45. The molecular formula is C18H18N4OS. The average Bonchev–Trinajstić information content (AvgIpc) is 2.90. The molecule has 5 nitrogen and oxygen atoms in total. The first-order valence-electron chi connectivity index (χ1n) is 7.51. The number of nitrogens with one attached hydrogen (secondary N) is 1. The number of hydrazone groups is 1. The first kappa shape index (κ1) is 16.3. The Morgan fingerprint density at radius 3 is 2.67 bits per heavy atom. The molecule has 2 heterocycles. The van der Waals surface area contributed by atoms with Crippen LogP contribution in [0.25, 0.3) is 5.65 Å². The van der Waals surface area contributed by atoms with E-state index in [4.69, 9.17) is 0 Å². The highest BCUT2D eigenvalue weighted by Crippen LogP contribution is 2.14. The van der Waals surface area contributed by atoms with Crippen molar-refractivity contribution >= 4 is 29.5 Å². The van der Waals surface area contributed by atoms with Crippen LogP contribution >= 0.6 is 11.8 Å². The molecule has 122 valence electrons. The van der Waals surface area contributed by atoms with Gasteiger partial charge < -0.3 is 0 Å². The predicted octanol–water partition coefficient (Wildman–Crippen LogP) is 3.44. The second-order valence-electron chi connectivity index (χ2n) is 5.45. The number of carbonyl (C=O) groups is 1. The quantitative estimate of drug-likeness (QED) is 0.450. The van der Waals surface area contributed by atoms with E-state index in [0.717, 1.165) is 16.8 Å². The third-order valence-electron chi connectivity index (χ3n) is 3.65. The molecule has 3 aromatic rings. The zero-order valence-corrected chi connectivity index (χ0v) is 14.6. The van der Waals surface area contributed by atoms with Gasteiger partial charge in [-0.15, -0.1) is 11.8 Å². The standard InChI is InChI=1S/C18H18N4OS/c1-12-4-9-16-20-13(2)17(22(16)11-12)18(23)21-19-10-14-5-7-15(24-3)8-6-14/h4-11H,1-3H3,(H,21,23). The molecule has 0 aliphatic carbocycles. The Morgan fingerprint density at radius 1 is 1.21 bits per heavy atom. The lowest BCUT2D eigenvalue weighted by Crippen LogP contribution is -2.20. The van der Waals surface area contributed by atoms with Crippen molar-refractivity contribution in [3.8, 4) is 0 Å². The zero-order valence-electron chi connectivity index (χ0n) is 13.8. The number of aryl methyl sites for hydroxylation is 2. The fourth-order valence-corrected chi connectivity index (χ4v) is 2.86. The van der Waals surface area contributed by atoms with Gasteiger partial charge in [0, 0.05) is 11.1 Å². The van der Waals surface area contributed by atoms with Crippen LogP contribution in [-0.4, -0.2) is 27.8 Å². The number of amides is 1. The normalized spacial score (nSPS) is 11.3. The molecule has 0 radical (unpaired) electrons. The molecule has 0 unspecified atom stereocenters. The van der Waals surface area contributed by atoms with Crippen LogP contribution in [0, 0.1) is 13.8 Å². The Morgan fingerprint density at radius 2 is 1.96 bits per heavy atom. The highest BCUT2D eigenvalue weighted by Gasteiger charge is 2.15. The van der Waals surface area contributed by atoms with Gasteiger partial charge in [0.05, 0.1) is 11.9 Å². The molecule has 0 fully saturated rings. The Bertz CT molecular complexity index is 913. The van der Waals surface area contributed by atoms with Crippen LogP contribution in [0.15, 0.2) is 52.6 Å². The van der Waals surface area contributed by atoms with Gasteiger partial charge in [-0.25, -0.2) is 10.4 Å². The van der Waals surface area contributed by atoms with E-state index in [-0.39, 0.29) is 5.91 Å². The number of rotatable bonds is 4. The van der Waals surface area contributed by atoms with Crippen molar-refractivity contribution in [1.82, 2.24) is 14.8 Å². The third-order valence-corrected chi connectivity index (χ3v) is 4.39. The van der Waals surface area contributed by atoms with Gasteiger partial charge in [0.1, 0.15) is 11.3 Å². The Labute approximate surface area is 144 Å². The maximum absolute atomic E-state index is 12.5. The van der Waals surface area contributed by atoms with Crippen LogP contribution < -0.4 is 5.43 Å². The lowest BCUT2D eigenvalue weighted by molar-refractivity contribution is 0.0948. The van der Waals surface area contributed by atoms with Crippen molar-refractivity contribution in [3.63, 3.8) is 0 Å². The maximum atomic E-state index is 12.5. The zero-order chi connectivity index (χ0) is 17.1. The minimum Gasteiger partial charge on any atom is -0.295 e. The second kappa shape index (κ2) is 6.88. The molecule has 24 heavy (non-hydrogen) atoms. The lowest BCUT2D eigenvalue weighted by atomic mass is 10.2. The van der Waals surface area contributed by atoms with Crippen molar-refractivity contribution in [2.24, 2.45) is 5.10 Å². The van der Waals surface area contributed by atoms with Crippen molar-refractivity contribution in [2.45, 2.75) is 18.7 Å². The van der Waals surface area contributed by atoms with E-state index >= 15 is 0 Å². The molecule has 2 aromatic heterocycles. The first-order chi connectivity index (χ1) is 11.6. The first-order valence-corrected chi connectivity index (χ1v) is 8.74. The van der Waals surface area contributed by atoms with Gasteiger partial charge in [0.2, 0.25) is 0 Å². The number of benzene rings is 1. The summed E-state index contributed by atoms with van der Waals surface area (Å²) >= 11 is 1.68. The average molecular weight is 338 g/mol. The highest BCUT2D eigenvalue weighted by molar-refractivity contribution is 7.98. The number of nitrogens with zero attached hydrogens (tertiary/aromatic N) is 3. The fraction of sp³-hybridized carbons (Fsp3) is 0.167. The lowest BCUT2D eigenvalue weighted by Gasteiger charge is -2.03. The van der Waals surface area contributed by atoms with Crippen LogP contribution in [-0.2, 0) is 0 Å². The number of hydrogen-bond donors (Lipinski definition) is 1. The Balaban J connectivity index is 1.78. The molecule has 0 bridgehead atoms. The van der Waals surface area contributed by atoms with Crippen molar-refractivity contribution in [3.05, 3.63) is 65.1 Å². The summed E-state index contributed by atoms with van der Waals surface area (Å²) in [5.74, 6) is -0.275. The summed E-state index contributed by atoms with van der Waals surface area (Å²) < 4.78 is 1.79. The maximum Gasteiger partial charge on any atom is 0.290 e. The molecule has 6 heteroatoms. The van der Waals surface area contributed by atoms with Crippen molar-refractivity contribution < 1.29 is 4.79 Å². The van der Waals surface area contributed by atoms with Crippen LogP contribution in [0.1, 0.15) is 27.3 Å². The molecule has 1 amide bonds. The van der Waals surface area contributed by atoms with Crippen molar-refractivity contribution in [2.75, 3.05) is 6.26 Å². The molecule has 1 N–H and O–H groups in total. The Kier molecular flexibility index (Phi) is 4.66. The van der Waals surface area contributed by atoms with E-state index in [9.17, 15) is 4.79 Å². The topological polar surface area (TPSA) is 58.8 Å². The van der Waals surface area contributed by atoms with Crippen molar-refractivity contribution in [1.29, 1.82) is 0 Å². The molecule has 0 saturated heterocycles. The summed E-state index contributed by atoms with van der Waals surface area (Å²) in [7, 11) is 0. The number of aromatic nitrogens is 2. The van der Waals surface area contributed by atoms with Crippen LogP contribution in [0.4, 0.5) is 0 Å². The summed E-state index contributed by atoms with van der Waals surface area (Å²) in [5.41, 5.74) is 6.50. The summed E-state index contributed by atoms with van der Waals surface area (Å²) in [5, 5.41) is 4.05. The van der Waals surface area contributed by atoms with E-state index in [0.29, 0.717) is 11.4 Å². The number of fused-ring (bicyclic) bond motifs is 1. The highest BCUT2D eigenvalue weighted by atomic mass is 32.2. The van der Waals surface area contributed by atoms with E-state index < -0.39 is 0 Å². The number of pyridine rings is 1. The molecule has 3 rings (SSSR count). The third kappa shape index (κ3) is 3.33. The molecule has 0 spiro atoms. The van der Waals surface area contributed by atoms with E-state index in [2.05, 4.69) is 15.5 Å². The summed E-state index contributed by atoms with van der Waals surface area (Å²) in [6.07, 6.45) is 5.56. The monoisotopic (exact) mass is 338 g/mol. The number of carbonyl (C=O) groups excluding carboxylic acids is 1. The largest absolute Gasteiger partial charge is 0.295 e. The van der Waals surface area contributed by atoms with Gasteiger partial charge in [-0.05, 0) is 49.4 Å². The van der Waals surface area contributed by atoms with Gasteiger partial charge >= 0.3 is 0 Å². The van der Waals surface area contributed by atoms with Crippen LogP contribution in [0.2, 0.25) is 0 Å². The SMILES string of the molecule is CSc1ccc(C=NNC(=O)c2c(C)nc3ccc(C)cn23)cc1. The number of thioether (sulfide) groups is 1. The molecule has 0 atom stereocenters. The van der Waals surface area contributed by atoms with Gasteiger partial charge in [-0.3, -0.25) is 9.20 Å². The smallest absolute Gasteiger partial charge is 0.290 e. The van der Waals surface area contributed by atoms with Gasteiger partial charge in [-0.1, -0.05) is 18.2 Å². The van der Waals surface area contributed by atoms with E-state index in [1.807, 2.05) is 62.7 Å².